The fourth-order valence-corrected chi connectivity index (χ4v) is 3.06. The van der Waals surface area contributed by atoms with Crippen molar-refractivity contribution in [3.8, 4) is 0 Å². The number of para-hydroxylation sites is 2. The predicted molar refractivity (Wildman–Crippen MR) is 91.0 cm³/mol. The lowest BCUT2D eigenvalue weighted by molar-refractivity contribution is -0.137. The second kappa shape index (κ2) is 6.84. The summed E-state index contributed by atoms with van der Waals surface area (Å²) in [6, 6.07) is 7.63. The van der Waals surface area contributed by atoms with Gasteiger partial charge >= 0.3 is 5.97 Å². The van der Waals surface area contributed by atoms with Crippen LogP contribution in [-0.2, 0) is 9.53 Å². The molecule has 0 amide bonds. The smallest absolute Gasteiger partial charge is 0.305 e. The summed E-state index contributed by atoms with van der Waals surface area (Å²) in [5.41, 5.74) is 1.84. The summed E-state index contributed by atoms with van der Waals surface area (Å²) >= 11 is 0. The average Bonchev–Trinajstić information content (AvgIpc) is 2.60. The minimum atomic E-state index is -0.830. The summed E-state index contributed by atoms with van der Waals surface area (Å²) in [4.78, 5) is 24.2. The summed E-state index contributed by atoms with van der Waals surface area (Å²) in [6.07, 6.45) is 3.97. The van der Waals surface area contributed by atoms with Crippen LogP contribution >= 0.6 is 0 Å². The number of rotatable bonds is 6. The van der Waals surface area contributed by atoms with Crippen LogP contribution in [0.5, 0.6) is 0 Å². The normalized spacial score (nSPS) is 14.1. The van der Waals surface area contributed by atoms with E-state index in [0.717, 1.165) is 11.4 Å². The highest BCUT2D eigenvalue weighted by atomic mass is 16.5. The van der Waals surface area contributed by atoms with Gasteiger partial charge in [0.1, 0.15) is 6.73 Å². The van der Waals surface area contributed by atoms with Gasteiger partial charge in [-0.05, 0) is 18.6 Å². The standard InChI is InChI=1S/C17H20N4O3/c1-3-12(10-15(22)23)21-14-7-5-4-6-13(14)20(11-24-2)16-17(21)19-9-8-18-16/h4-9,12H,3,10-11H2,1-2H3,(H,22,23). The van der Waals surface area contributed by atoms with Gasteiger partial charge in [0.2, 0.25) is 0 Å². The lowest BCUT2D eigenvalue weighted by Crippen LogP contribution is -2.39. The van der Waals surface area contributed by atoms with Crippen molar-refractivity contribution in [1.29, 1.82) is 0 Å². The zero-order valence-electron chi connectivity index (χ0n) is 13.7. The monoisotopic (exact) mass is 328 g/mol. The minimum absolute atomic E-state index is 0.0329. The molecule has 3 rings (SSSR count). The molecule has 1 aromatic carbocycles. The van der Waals surface area contributed by atoms with Crippen molar-refractivity contribution < 1.29 is 14.6 Å². The van der Waals surface area contributed by atoms with Gasteiger partial charge in [-0.1, -0.05) is 19.1 Å². The Kier molecular flexibility index (Phi) is 4.61. The van der Waals surface area contributed by atoms with E-state index in [0.29, 0.717) is 24.8 Å². The highest BCUT2D eigenvalue weighted by Gasteiger charge is 2.34. The van der Waals surface area contributed by atoms with Gasteiger partial charge < -0.3 is 14.7 Å². The van der Waals surface area contributed by atoms with E-state index in [4.69, 9.17) is 4.74 Å². The molecule has 2 aromatic rings. The molecule has 0 radical (unpaired) electrons. The van der Waals surface area contributed by atoms with Gasteiger partial charge in [-0.15, -0.1) is 0 Å². The van der Waals surface area contributed by atoms with Crippen molar-refractivity contribution in [1.82, 2.24) is 9.97 Å². The Labute approximate surface area is 140 Å². The molecular formula is C17H20N4O3. The Balaban J connectivity index is 2.16. The third kappa shape index (κ3) is 2.78. The van der Waals surface area contributed by atoms with Gasteiger partial charge in [0.25, 0.3) is 0 Å². The molecular weight excluding hydrogens is 308 g/mol. The summed E-state index contributed by atoms with van der Waals surface area (Å²) in [5, 5.41) is 9.28. The van der Waals surface area contributed by atoms with E-state index in [1.807, 2.05) is 41.0 Å². The molecule has 7 nitrogen and oxygen atoms in total. The first-order chi connectivity index (χ1) is 11.7. The maximum absolute atomic E-state index is 11.3. The van der Waals surface area contributed by atoms with Crippen molar-refractivity contribution in [2.24, 2.45) is 0 Å². The molecule has 7 heteroatoms. The Hall–Kier alpha value is -2.67. The summed E-state index contributed by atoms with van der Waals surface area (Å²) in [5.74, 6) is 0.493. The molecule has 0 spiro atoms. The first-order valence-electron chi connectivity index (χ1n) is 7.84. The molecule has 2 heterocycles. The third-order valence-electron chi connectivity index (χ3n) is 4.08. The van der Waals surface area contributed by atoms with Gasteiger partial charge in [-0.3, -0.25) is 9.69 Å². The van der Waals surface area contributed by atoms with Crippen LogP contribution in [0.2, 0.25) is 0 Å². The molecule has 1 atom stereocenters. The van der Waals surface area contributed by atoms with E-state index >= 15 is 0 Å². The number of benzene rings is 1. The number of methoxy groups -OCH3 is 1. The van der Waals surface area contributed by atoms with Gasteiger partial charge in [0.05, 0.1) is 17.8 Å². The van der Waals surface area contributed by atoms with E-state index in [2.05, 4.69) is 9.97 Å². The zero-order chi connectivity index (χ0) is 17.1. The number of hydrogen-bond donors (Lipinski definition) is 1. The molecule has 24 heavy (non-hydrogen) atoms. The molecule has 1 aromatic heterocycles. The number of fused-ring (bicyclic) bond motifs is 2. The van der Waals surface area contributed by atoms with Crippen molar-refractivity contribution in [3.05, 3.63) is 36.7 Å². The van der Waals surface area contributed by atoms with Gasteiger partial charge in [0.15, 0.2) is 11.6 Å². The lowest BCUT2D eigenvalue weighted by atomic mass is 10.0. The third-order valence-corrected chi connectivity index (χ3v) is 4.08. The molecule has 0 fully saturated rings. The Morgan fingerprint density at radius 3 is 2.50 bits per heavy atom. The molecule has 0 saturated heterocycles. The fraction of sp³-hybridized carbons (Fsp3) is 0.353. The van der Waals surface area contributed by atoms with Crippen LogP contribution in [0.1, 0.15) is 19.8 Å². The largest absolute Gasteiger partial charge is 0.481 e. The van der Waals surface area contributed by atoms with Gasteiger partial charge in [-0.2, -0.15) is 0 Å². The van der Waals surface area contributed by atoms with E-state index in [-0.39, 0.29) is 12.5 Å². The first-order valence-corrected chi connectivity index (χ1v) is 7.84. The van der Waals surface area contributed by atoms with Crippen LogP contribution in [0.3, 0.4) is 0 Å². The van der Waals surface area contributed by atoms with Gasteiger partial charge in [-0.25, -0.2) is 9.97 Å². The number of anilines is 4. The molecule has 1 unspecified atom stereocenters. The number of ether oxygens (including phenoxy) is 1. The Morgan fingerprint density at radius 2 is 1.88 bits per heavy atom. The van der Waals surface area contributed by atoms with E-state index in [9.17, 15) is 9.90 Å². The Bertz CT molecular complexity index is 690. The van der Waals surface area contributed by atoms with Crippen molar-refractivity contribution in [2.75, 3.05) is 23.6 Å². The average molecular weight is 328 g/mol. The van der Waals surface area contributed by atoms with E-state index < -0.39 is 5.97 Å². The van der Waals surface area contributed by atoms with Crippen LogP contribution in [0.4, 0.5) is 23.0 Å². The van der Waals surface area contributed by atoms with Crippen LogP contribution in [0.15, 0.2) is 36.7 Å². The van der Waals surface area contributed by atoms with E-state index in [1.165, 1.54) is 0 Å². The second-order valence-electron chi connectivity index (χ2n) is 5.57. The highest BCUT2D eigenvalue weighted by molar-refractivity contribution is 5.90. The number of carboxylic acids is 1. The minimum Gasteiger partial charge on any atom is -0.481 e. The number of aliphatic carboxylic acids is 1. The van der Waals surface area contributed by atoms with Crippen molar-refractivity contribution in [2.45, 2.75) is 25.8 Å². The van der Waals surface area contributed by atoms with Crippen LogP contribution in [-0.4, -0.2) is 40.9 Å². The predicted octanol–water partition coefficient (Wildman–Crippen LogP) is 2.92. The number of aromatic nitrogens is 2. The van der Waals surface area contributed by atoms with E-state index in [1.54, 1.807) is 19.5 Å². The zero-order valence-corrected chi connectivity index (χ0v) is 13.7. The summed E-state index contributed by atoms with van der Waals surface area (Å²) in [6.45, 7) is 2.32. The molecule has 0 bridgehead atoms. The van der Waals surface area contributed by atoms with Crippen LogP contribution in [0.25, 0.3) is 0 Å². The fourth-order valence-electron chi connectivity index (χ4n) is 3.06. The summed E-state index contributed by atoms with van der Waals surface area (Å²) < 4.78 is 5.33. The molecule has 1 aliphatic heterocycles. The Morgan fingerprint density at radius 1 is 1.21 bits per heavy atom. The molecule has 126 valence electrons. The SMILES string of the molecule is CCC(CC(=O)O)N1c2ccccc2N(COC)c2nccnc21. The number of carbonyl (C=O) groups is 1. The molecule has 1 aliphatic rings. The molecule has 0 aliphatic carbocycles. The number of carboxylic acid groups (broad SMARTS) is 1. The highest BCUT2D eigenvalue weighted by Crippen LogP contribution is 2.47. The maximum atomic E-state index is 11.3. The summed E-state index contributed by atoms with van der Waals surface area (Å²) in [7, 11) is 1.63. The first kappa shape index (κ1) is 16.2. The van der Waals surface area contributed by atoms with Crippen molar-refractivity contribution in [3.63, 3.8) is 0 Å². The van der Waals surface area contributed by atoms with Crippen LogP contribution < -0.4 is 9.80 Å². The lowest BCUT2D eigenvalue weighted by Gasteiger charge is -2.41. The van der Waals surface area contributed by atoms with Crippen LogP contribution in [0, 0.1) is 0 Å². The maximum Gasteiger partial charge on any atom is 0.305 e. The van der Waals surface area contributed by atoms with Crippen molar-refractivity contribution >= 4 is 29.0 Å². The number of hydrogen-bond acceptors (Lipinski definition) is 6. The topological polar surface area (TPSA) is 78.8 Å². The van der Waals surface area contributed by atoms with Gasteiger partial charge in [0, 0.05) is 25.5 Å². The number of nitrogens with zero attached hydrogens (tertiary/aromatic N) is 4. The second-order valence-corrected chi connectivity index (χ2v) is 5.57. The molecule has 0 saturated carbocycles. The molecule has 1 N–H and O–H groups in total. The quantitative estimate of drug-likeness (QED) is 0.873.